The van der Waals surface area contributed by atoms with Crippen LogP contribution in [0, 0.1) is 5.41 Å². The van der Waals surface area contributed by atoms with Crippen LogP contribution in [-0.4, -0.2) is 18.5 Å². The van der Waals surface area contributed by atoms with Gasteiger partial charge >= 0.3 is 0 Å². The third-order valence-corrected chi connectivity index (χ3v) is 3.96. The second-order valence-electron chi connectivity index (χ2n) is 5.65. The molecule has 92 valence electrons. The number of rotatable bonds is 2. The highest BCUT2D eigenvalue weighted by molar-refractivity contribution is 4.92. The third-order valence-electron chi connectivity index (χ3n) is 3.96. The second kappa shape index (κ2) is 4.89. The molecule has 0 spiro atoms. The molecule has 2 atom stereocenters. The van der Waals surface area contributed by atoms with Crippen LogP contribution in [0.4, 0.5) is 0 Å². The topological polar surface area (TPSA) is 18.5 Å². The van der Waals surface area contributed by atoms with E-state index >= 15 is 0 Å². The Bertz CT molecular complexity index is 239. The molecule has 0 saturated carbocycles. The van der Waals surface area contributed by atoms with Crippen LogP contribution in [0.3, 0.4) is 0 Å². The number of ether oxygens (including phenoxy) is 2. The van der Waals surface area contributed by atoms with Crippen LogP contribution in [0.1, 0.15) is 52.9 Å². The highest BCUT2D eigenvalue weighted by Crippen LogP contribution is 2.38. The lowest BCUT2D eigenvalue weighted by Gasteiger charge is -2.28. The zero-order valence-corrected chi connectivity index (χ0v) is 10.7. The molecule has 0 radical (unpaired) electrons. The van der Waals surface area contributed by atoms with E-state index in [0.29, 0.717) is 12.2 Å². The van der Waals surface area contributed by atoms with Crippen LogP contribution in [0.5, 0.6) is 0 Å². The fraction of sp³-hybridized carbons (Fsp3) is 0.857. The minimum atomic E-state index is -0.00870. The van der Waals surface area contributed by atoms with Crippen molar-refractivity contribution in [2.45, 2.75) is 71.4 Å². The van der Waals surface area contributed by atoms with Gasteiger partial charge in [0.2, 0.25) is 0 Å². The van der Waals surface area contributed by atoms with E-state index in [1.807, 2.05) is 0 Å². The first-order chi connectivity index (χ1) is 7.63. The number of hydrogen-bond acceptors (Lipinski definition) is 2. The maximum atomic E-state index is 6.10. The molecule has 0 aromatic heterocycles. The van der Waals surface area contributed by atoms with E-state index in [-0.39, 0.29) is 11.7 Å². The molecule has 2 nitrogen and oxygen atoms in total. The number of fused-ring (bicyclic) bond motifs is 1. The fourth-order valence-electron chi connectivity index (χ4n) is 2.32. The highest BCUT2D eigenvalue weighted by Gasteiger charge is 2.42. The van der Waals surface area contributed by atoms with Gasteiger partial charge in [0, 0.05) is 5.41 Å². The van der Waals surface area contributed by atoms with Gasteiger partial charge in [0.1, 0.15) is 0 Å². The van der Waals surface area contributed by atoms with Crippen LogP contribution >= 0.6 is 0 Å². The number of hydrogen-bond donors (Lipinski definition) is 0. The molecule has 1 saturated heterocycles. The van der Waals surface area contributed by atoms with Crippen LogP contribution in [0.2, 0.25) is 0 Å². The molecular formula is C14H24O2. The van der Waals surface area contributed by atoms with Gasteiger partial charge in [-0.05, 0) is 32.1 Å². The van der Waals surface area contributed by atoms with Gasteiger partial charge in [-0.1, -0.05) is 32.9 Å². The Morgan fingerprint density at radius 1 is 1.06 bits per heavy atom. The average Bonchev–Trinajstić information content (AvgIpc) is 2.61. The molecule has 0 amide bonds. The van der Waals surface area contributed by atoms with Gasteiger partial charge in [-0.25, -0.2) is 0 Å². The van der Waals surface area contributed by atoms with E-state index < -0.39 is 0 Å². The van der Waals surface area contributed by atoms with Crippen LogP contribution < -0.4 is 0 Å². The minimum absolute atomic E-state index is 0.00870. The lowest BCUT2D eigenvalue weighted by Crippen LogP contribution is -2.30. The van der Waals surface area contributed by atoms with E-state index in [4.69, 9.17) is 9.47 Å². The van der Waals surface area contributed by atoms with Crippen LogP contribution in [0.25, 0.3) is 0 Å². The van der Waals surface area contributed by atoms with E-state index in [9.17, 15) is 0 Å². The van der Waals surface area contributed by atoms with Gasteiger partial charge < -0.3 is 9.47 Å². The van der Waals surface area contributed by atoms with Crippen molar-refractivity contribution in [2.24, 2.45) is 5.41 Å². The molecule has 2 unspecified atom stereocenters. The van der Waals surface area contributed by atoms with Gasteiger partial charge in [-0.3, -0.25) is 0 Å². The van der Waals surface area contributed by atoms with Crippen molar-refractivity contribution < 1.29 is 9.47 Å². The summed E-state index contributed by atoms with van der Waals surface area (Å²) < 4.78 is 12.2. The molecule has 2 rings (SSSR count). The normalized spacial score (nSPS) is 37.6. The Morgan fingerprint density at radius 2 is 1.56 bits per heavy atom. The van der Waals surface area contributed by atoms with Gasteiger partial charge in [-0.15, -0.1) is 0 Å². The summed E-state index contributed by atoms with van der Waals surface area (Å²) in [6, 6.07) is 0. The Hall–Kier alpha value is -0.340. The summed E-state index contributed by atoms with van der Waals surface area (Å²) in [5, 5.41) is 0. The summed E-state index contributed by atoms with van der Waals surface area (Å²) in [6.07, 6.45) is 10.8. The summed E-state index contributed by atoms with van der Waals surface area (Å²) in [5.41, 5.74) is 0.133. The quantitative estimate of drug-likeness (QED) is 0.666. The van der Waals surface area contributed by atoms with Gasteiger partial charge in [0.15, 0.2) is 6.29 Å². The van der Waals surface area contributed by atoms with Gasteiger partial charge in [-0.2, -0.15) is 0 Å². The molecule has 0 bridgehead atoms. The first-order valence-electron chi connectivity index (χ1n) is 6.59. The van der Waals surface area contributed by atoms with Crippen LogP contribution in [0.15, 0.2) is 12.2 Å². The SMILES string of the molecule is CCC(C)(C)C1OC2CC/C=C/CCC2O1. The monoisotopic (exact) mass is 224 g/mol. The zero-order valence-electron chi connectivity index (χ0n) is 10.7. The lowest BCUT2D eigenvalue weighted by atomic mass is 9.89. The van der Waals surface area contributed by atoms with E-state index in [1.165, 1.54) is 0 Å². The van der Waals surface area contributed by atoms with E-state index in [0.717, 1.165) is 32.1 Å². The Kier molecular flexibility index (Phi) is 3.70. The largest absolute Gasteiger partial charge is 0.346 e. The standard InChI is InChI=1S/C14H24O2/c1-4-14(2,3)13-15-11-9-7-5-6-8-10-12(11)16-13/h5-6,11-13H,4,7-10H2,1-3H3/b6-5+. The second-order valence-corrected chi connectivity index (χ2v) is 5.65. The molecular weight excluding hydrogens is 200 g/mol. The molecule has 2 aliphatic rings. The maximum absolute atomic E-state index is 6.10. The van der Waals surface area contributed by atoms with Crippen molar-refractivity contribution in [3.63, 3.8) is 0 Å². The summed E-state index contributed by atoms with van der Waals surface area (Å²) in [6.45, 7) is 6.67. The van der Waals surface area contributed by atoms with Crippen molar-refractivity contribution in [1.82, 2.24) is 0 Å². The molecule has 1 aliphatic carbocycles. The molecule has 1 aliphatic heterocycles. The van der Waals surface area contributed by atoms with Gasteiger partial charge in [0.05, 0.1) is 12.2 Å². The molecule has 2 heteroatoms. The summed E-state index contributed by atoms with van der Waals surface area (Å²) in [5.74, 6) is 0. The Balaban J connectivity index is 2.00. The molecule has 16 heavy (non-hydrogen) atoms. The molecule has 1 fully saturated rings. The molecule has 0 aromatic carbocycles. The smallest absolute Gasteiger partial charge is 0.163 e. The first kappa shape index (κ1) is 12.1. The minimum Gasteiger partial charge on any atom is -0.346 e. The third kappa shape index (κ3) is 2.49. The molecule has 0 aromatic rings. The summed E-state index contributed by atoms with van der Waals surface area (Å²) >= 11 is 0. The Morgan fingerprint density at radius 3 is 2.00 bits per heavy atom. The van der Waals surface area contributed by atoms with E-state index in [2.05, 4.69) is 32.9 Å². The zero-order chi connectivity index (χ0) is 11.6. The van der Waals surface area contributed by atoms with E-state index in [1.54, 1.807) is 0 Å². The fourth-order valence-corrected chi connectivity index (χ4v) is 2.32. The molecule has 0 N–H and O–H groups in total. The van der Waals surface area contributed by atoms with Crippen molar-refractivity contribution in [2.75, 3.05) is 0 Å². The van der Waals surface area contributed by atoms with Crippen LogP contribution in [-0.2, 0) is 9.47 Å². The summed E-state index contributed by atoms with van der Waals surface area (Å²) in [7, 11) is 0. The highest BCUT2D eigenvalue weighted by atomic mass is 16.7. The maximum Gasteiger partial charge on any atom is 0.163 e. The average molecular weight is 224 g/mol. The predicted molar refractivity (Wildman–Crippen MR) is 65.2 cm³/mol. The lowest BCUT2D eigenvalue weighted by molar-refractivity contribution is -0.139. The molecule has 1 heterocycles. The van der Waals surface area contributed by atoms with Gasteiger partial charge in [0.25, 0.3) is 0 Å². The number of allylic oxidation sites excluding steroid dienone is 2. The first-order valence-corrected chi connectivity index (χ1v) is 6.59. The Labute approximate surface area is 99.0 Å². The predicted octanol–water partition coefficient (Wildman–Crippen LogP) is 3.66. The van der Waals surface area contributed by atoms with Crippen molar-refractivity contribution >= 4 is 0 Å². The van der Waals surface area contributed by atoms with Crippen molar-refractivity contribution in [3.8, 4) is 0 Å². The van der Waals surface area contributed by atoms with Crippen molar-refractivity contribution in [3.05, 3.63) is 12.2 Å². The van der Waals surface area contributed by atoms with Crippen molar-refractivity contribution in [1.29, 1.82) is 0 Å². The summed E-state index contributed by atoms with van der Waals surface area (Å²) in [4.78, 5) is 0.